The van der Waals surface area contributed by atoms with Gasteiger partial charge in [0.25, 0.3) is 0 Å². The Kier molecular flexibility index (Phi) is 5.90. The maximum absolute atomic E-state index is 13.2. The quantitative estimate of drug-likeness (QED) is 0.853. The monoisotopic (exact) mass is 306 g/mol. The van der Waals surface area contributed by atoms with Gasteiger partial charge >= 0.3 is 0 Å². The van der Waals surface area contributed by atoms with E-state index in [4.69, 9.17) is 0 Å². The van der Waals surface area contributed by atoms with E-state index in [0.29, 0.717) is 19.6 Å². The van der Waals surface area contributed by atoms with E-state index in [1.165, 1.54) is 12.1 Å². The fourth-order valence-electron chi connectivity index (χ4n) is 2.03. The summed E-state index contributed by atoms with van der Waals surface area (Å²) in [5.41, 5.74) is 0.878. The molecule has 0 saturated heterocycles. The molecule has 1 N–H and O–H groups in total. The van der Waals surface area contributed by atoms with Gasteiger partial charge in [0.05, 0.1) is 13.1 Å². The minimum absolute atomic E-state index is 0.0124. The van der Waals surface area contributed by atoms with E-state index < -0.39 is 0 Å². The number of amides is 1. The van der Waals surface area contributed by atoms with Crippen molar-refractivity contribution in [1.29, 1.82) is 0 Å². The van der Waals surface area contributed by atoms with Crippen molar-refractivity contribution in [1.82, 2.24) is 10.2 Å². The first kappa shape index (κ1) is 15.7. The molecule has 1 heterocycles. The number of thiophene rings is 1. The number of rotatable bonds is 7. The van der Waals surface area contributed by atoms with Crippen molar-refractivity contribution < 1.29 is 9.18 Å². The molecule has 0 fully saturated rings. The van der Waals surface area contributed by atoms with Crippen molar-refractivity contribution in [3.63, 3.8) is 0 Å². The highest BCUT2D eigenvalue weighted by Gasteiger charge is 2.10. The Bertz CT molecular complexity index is 571. The SMILES string of the molecule is CCN(CC(=O)NCc1cccs1)Cc1cccc(F)c1. The predicted molar refractivity (Wildman–Crippen MR) is 83.5 cm³/mol. The normalized spacial score (nSPS) is 10.8. The lowest BCUT2D eigenvalue weighted by Crippen LogP contribution is -2.36. The van der Waals surface area contributed by atoms with Gasteiger partial charge in [-0.15, -0.1) is 11.3 Å². The number of carbonyl (C=O) groups excluding carboxylic acids is 1. The molecule has 2 rings (SSSR count). The molecule has 0 unspecified atom stereocenters. The van der Waals surface area contributed by atoms with E-state index in [-0.39, 0.29) is 11.7 Å². The molecule has 5 heteroatoms. The largest absolute Gasteiger partial charge is 0.350 e. The number of nitrogens with one attached hydrogen (secondary N) is 1. The van der Waals surface area contributed by atoms with Gasteiger partial charge < -0.3 is 5.32 Å². The van der Waals surface area contributed by atoms with Gasteiger partial charge in [-0.25, -0.2) is 4.39 Å². The van der Waals surface area contributed by atoms with Crippen LogP contribution in [0.5, 0.6) is 0 Å². The van der Waals surface area contributed by atoms with Crippen molar-refractivity contribution in [2.45, 2.75) is 20.0 Å². The molecular weight excluding hydrogens is 287 g/mol. The molecule has 1 amide bonds. The second kappa shape index (κ2) is 7.90. The Morgan fingerprint density at radius 2 is 2.19 bits per heavy atom. The number of hydrogen-bond donors (Lipinski definition) is 1. The number of hydrogen-bond acceptors (Lipinski definition) is 3. The minimum atomic E-state index is -0.245. The molecule has 0 radical (unpaired) electrons. The van der Waals surface area contributed by atoms with Crippen molar-refractivity contribution in [2.75, 3.05) is 13.1 Å². The number of halogens is 1. The lowest BCUT2D eigenvalue weighted by molar-refractivity contribution is -0.122. The predicted octanol–water partition coefficient (Wildman–Crippen LogP) is 3.03. The molecule has 0 saturated carbocycles. The molecule has 0 aliphatic carbocycles. The summed E-state index contributed by atoms with van der Waals surface area (Å²) >= 11 is 1.62. The summed E-state index contributed by atoms with van der Waals surface area (Å²) in [4.78, 5) is 15.1. The van der Waals surface area contributed by atoms with Gasteiger partial charge in [-0.3, -0.25) is 9.69 Å². The van der Waals surface area contributed by atoms with Crippen LogP contribution in [0.2, 0.25) is 0 Å². The van der Waals surface area contributed by atoms with Crippen LogP contribution in [0.4, 0.5) is 4.39 Å². The van der Waals surface area contributed by atoms with Crippen molar-refractivity contribution in [3.05, 3.63) is 58.0 Å². The standard InChI is InChI=1S/C16H19FN2OS/c1-2-19(11-13-5-3-6-14(17)9-13)12-16(20)18-10-15-7-4-8-21-15/h3-9H,2,10-12H2,1H3,(H,18,20). The van der Waals surface area contributed by atoms with Crippen LogP contribution in [0.1, 0.15) is 17.4 Å². The number of benzene rings is 1. The molecular formula is C16H19FN2OS. The summed E-state index contributed by atoms with van der Waals surface area (Å²) < 4.78 is 13.2. The highest BCUT2D eigenvalue weighted by atomic mass is 32.1. The first-order valence-electron chi connectivity index (χ1n) is 6.93. The summed E-state index contributed by atoms with van der Waals surface area (Å²) in [5, 5.41) is 4.89. The Morgan fingerprint density at radius 3 is 2.86 bits per heavy atom. The van der Waals surface area contributed by atoms with Gasteiger partial charge in [-0.2, -0.15) is 0 Å². The van der Waals surface area contributed by atoms with Gasteiger partial charge in [0.2, 0.25) is 5.91 Å². The molecule has 1 aromatic carbocycles. The van der Waals surface area contributed by atoms with E-state index >= 15 is 0 Å². The number of carbonyl (C=O) groups is 1. The minimum Gasteiger partial charge on any atom is -0.350 e. The van der Waals surface area contributed by atoms with Crippen LogP contribution in [0, 0.1) is 5.82 Å². The molecule has 0 aliphatic heterocycles. The zero-order valence-electron chi connectivity index (χ0n) is 12.0. The molecule has 112 valence electrons. The van der Waals surface area contributed by atoms with Gasteiger partial charge in [0, 0.05) is 11.4 Å². The van der Waals surface area contributed by atoms with Crippen LogP contribution in [-0.4, -0.2) is 23.9 Å². The molecule has 0 spiro atoms. The highest BCUT2D eigenvalue weighted by Crippen LogP contribution is 2.08. The van der Waals surface area contributed by atoms with Crippen LogP contribution in [0.25, 0.3) is 0 Å². The third kappa shape index (κ3) is 5.28. The van der Waals surface area contributed by atoms with Crippen molar-refractivity contribution >= 4 is 17.2 Å². The van der Waals surface area contributed by atoms with Gasteiger partial charge in [-0.05, 0) is 35.7 Å². The van der Waals surface area contributed by atoms with Gasteiger partial charge in [0.15, 0.2) is 0 Å². The van der Waals surface area contributed by atoms with E-state index in [0.717, 1.165) is 17.0 Å². The highest BCUT2D eigenvalue weighted by molar-refractivity contribution is 7.09. The van der Waals surface area contributed by atoms with E-state index in [1.807, 2.05) is 35.4 Å². The fraction of sp³-hybridized carbons (Fsp3) is 0.312. The first-order chi connectivity index (χ1) is 10.2. The molecule has 0 aliphatic rings. The van der Waals surface area contributed by atoms with E-state index in [1.54, 1.807) is 17.4 Å². The summed E-state index contributed by atoms with van der Waals surface area (Å²) in [6.45, 7) is 4.18. The zero-order valence-corrected chi connectivity index (χ0v) is 12.8. The molecule has 21 heavy (non-hydrogen) atoms. The van der Waals surface area contributed by atoms with Crippen molar-refractivity contribution in [2.24, 2.45) is 0 Å². The first-order valence-corrected chi connectivity index (χ1v) is 7.81. The Hall–Kier alpha value is -1.72. The maximum Gasteiger partial charge on any atom is 0.234 e. The summed E-state index contributed by atoms with van der Waals surface area (Å²) in [5.74, 6) is -0.257. The van der Waals surface area contributed by atoms with E-state index in [2.05, 4.69) is 5.32 Å². The van der Waals surface area contributed by atoms with E-state index in [9.17, 15) is 9.18 Å². The Morgan fingerprint density at radius 1 is 1.33 bits per heavy atom. The smallest absolute Gasteiger partial charge is 0.234 e. The van der Waals surface area contributed by atoms with Crippen LogP contribution in [0.15, 0.2) is 41.8 Å². The average molecular weight is 306 g/mol. The summed E-state index contributed by atoms with van der Waals surface area (Å²) in [6.07, 6.45) is 0. The summed E-state index contributed by atoms with van der Waals surface area (Å²) in [6, 6.07) is 10.5. The second-order valence-electron chi connectivity index (χ2n) is 4.79. The summed E-state index contributed by atoms with van der Waals surface area (Å²) in [7, 11) is 0. The van der Waals surface area contributed by atoms with Crippen LogP contribution in [-0.2, 0) is 17.9 Å². The van der Waals surface area contributed by atoms with Crippen LogP contribution in [0.3, 0.4) is 0 Å². The lowest BCUT2D eigenvalue weighted by Gasteiger charge is -2.19. The number of nitrogens with zero attached hydrogens (tertiary/aromatic N) is 1. The van der Waals surface area contributed by atoms with Crippen LogP contribution < -0.4 is 5.32 Å². The van der Waals surface area contributed by atoms with Gasteiger partial charge in [-0.1, -0.05) is 25.1 Å². The fourth-order valence-corrected chi connectivity index (χ4v) is 2.68. The maximum atomic E-state index is 13.2. The topological polar surface area (TPSA) is 32.3 Å². The molecule has 0 atom stereocenters. The lowest BCUT2D eigenvalue weighted by atomic mass is 10.2. The van der Waals surface area contributed by atoms with Crippen LogP contribution >= 0.6 is 11.3 Å². The third-order valence-electron chi connectivity index (χ3n) is 3.15. The average Bonchev–Trinajstić information content (AvgIpc) is 2.98. The molecule has 0 bridgehead atoms. The molecule has 2 aromatic rings. The third-order valence-corrected chi connectivity index (χ3v) is 4.03. The Balaban J connectivity index is 1.82. The molecule has 3 nitrogen and oxygen atoms in total. The number of likely N-dealkylation sites (N-methyl/N-ethyl adjacent to an activating group) is 1. The van der Waals surface area contributed by atoms with Gasteiger partial charge in [0.1, 0.15) is 5.82 Å². The van der Waals surface area contributed by atoms with Crippen molar-refractivity contribution in [3.8, 4) is 0 Å². The Labute approximate surface area is 128 Å². The zero-order chi connectivity index (χ0) is 15.1. The molecule has 1 aromatic heterocycles. The second-order valence-corrected chi connectivity index (χ2v) is 5.82.